The van der Waals surface area contributed by atoms with Crippen LogP contribution in [0.15, 0.2) is 72.9 Å². The van der Waals surface area contributed by atoms with Crippen LogP contribution < -0.4 is 10.6 Å². The van der Waals surface area contributed by atoms with Gasteiger partial charge < -0.3 is 15.4 Å². The van der Waals surface area contributed by atoms with Crippen molar-refractivity contribution < 1.29 is 27.1 Å². The standard InChI is InChI=1S/C29H26F4N4O2/c30-27-19(16-29(31,32)33)4-3-7-26(27)36-28(38)35-25-11-10-22(23-5-1-2-6-24(23)25)20-8-9-21(34-17-20)18-37-12-14-39-15-13-37/h1-11,17H,12-16,18H2,(H2,35,36,38). The molecule has 2 heterocycles. The van der Waals surface area contributed by atoms with Gasteiger partial charge in [0.2, 0.25) is 0 Å². The quantitative estimate of drug-likeness (QED) is 0.271. The Morgan fingerprint density at radius 3 is 2.36 bits per heavy atom. The Morgan fingerprint density at radius 2 is 1.64 bits per heavy atom. The number of ether oxygens (including phenoxy) is 1. The van der Waals surface area contributed by atoms with E-state index in [4.69, 9.17) is 4.74 Å². The first-order valence-electron chi connectivity index (χ1n) is 12.5. The van der Waals surface area contributed by atoms with Gasteiger partial charge in [0.1, 0.15) is 5.82 Å². The number of urea groups is 1. The van der Waals surface area contributed by atoms with Crippen LogP contribution in [0, 0.1) is 5.82 Å². The highest BCUT2D eigenvalue weighted by atomic mass is 19.4. The minimum Gasteiger partial charge on any atom is -0.379 e. The Balaban J connectivity index is 1.34. The van der Waals surface area contributed by atoms with Gasteiger partial charge in [0, 0.05) is 36.8 Å². The van der Waals surface area contributed by atoms with Crippen LogP contribution >= 0.6 is 0 Å². The molecule has 5 rings (SSSR count). The first-order valence-corrected chi connectivity index (χ1v) is 12.5. The summed E-state index contributed by atoms with van der Waals surface area (Å²) in [5.74, 6) is -1.12. The van der Waals surface area contributed by atoms with E-state index in [1.165, 1.54) is 12.1 Å². The molecule has 4 aromatic rings. The monoisotopic (exact) mass is 538 g/mol. The summed E-state index contributed by atoms with van der Waals surface area (Å²) in [5, 5.41) is 6.63. The van der Waals surface area contributed by atoms with Gasteiger partial charge in [-0.3, -0.25) is 9.88 Å². The van der Waals surface area contributed by atoms with Crippen LogP contribution in [0.3, 0.4) is 0 Å². The number of hydrogen-bond acceptors (Lipinski definition) is 4. The zero-order chi connectivity index (χ0) is 27.4. The fourth-order valence-corrected chi connectivity index (χ4v) is 4.63. The molecule has 3 aromatic carbocycles. The lowest BCUT2D eigenvalue weighted by Gasteiger charge is -2.26. The van der Waals surface area contributed by atoms with Crippen LogP contribution in [0.2, 0.25) is 0 Å². The molecule has 1 saturated heterocycles. The van der Waals surface area contributed by atoms with Crippen molar-refractivity contribution in [3.8, 4) is 11.1 Å². The number of hydrogen-bond donors (Lipinski definition) is 2. The molecule has 0 unspecified atom stereocenters. The van der Waals surface area contributed by atoms with Gasteiger partial charge >= 0.3 is 12.2 Å². The molecule has 0 saturated carbocycles. The van der Waals surface area contributed by atoms with Crippen LogP contribution in [0.25, 0.3) is 21.9 Å². The molecule has 0 spiro atoms. The molecule has 202 valence electrons. The number of anilines is 2. The Labute approximate surface area is 222 Å². The lowest BCUT2D eigenvalue weighted by atomic mass is 9.98. The van der Waals surface area contributed by atoms with Gasteiger partial charge in [0.05, 0.1) is 36.7 Å². The highest BCUT2D eigenvalue weighted by Crippen LogP contribution is 2.33. The van der Waals surface area contributed by atoms with E-state index in [0.717, 1.165) is 66.5 Å². The molecule has 2 amide bonds. The lowest BCUT2D eigenvalue weighted by Crippen LogP contribution is -2.35. The largest absolute Gasteiger partial charge is 0.393 e. The van der Waals surface area contributed by atoms with Gasteiger partial charge in [0.15, 0.2) is 0 Å². The summed E-state index contributed by atoms with van der Waals surface area (Å²) in [7, 11) is 0. The molecule has 0 radical (unpaired) electrons. The summed E-state index contributed by atoms with van der Waals surface area (Å²) < 4.78 is 58.2. The highest BCUT2D eigenvalue weighted by molar-refractivity contribution is 6.09. The Morgan fingerprint density at radius 1 is 0.897 bits per heavy atom. The maximum atomic E-state index is 14.6. The zero-order valence-corrected chi connectivity index (χ0v) is 20.9. The van der Waals surface area contributed by atoms with Crippen molar-refractivity contribution in [3.63, 3.8) is 0 Å². The van der Waals surface area contributed by atoms with Gasteiger partial charge in [-0.15, -0.1) is 0 Å². The molecule has 1 aliphatic heterocycles. The van der Waals surface area contributed by atoms with E-state index in [1.807, 2.05) is 48.7 Å². The van der Waals surface area contributed by atoms with E-state index in [1.54, 1.807) is 6.07 Å². The second kappa shape index (κ2) is 11.4. The topological polar surface area (TPSA) is 66.5 Å². The number of halogens is 4. The average Bonchev–Trinajstić information content (AvgIpc) is 2.92. The normalized spacial score (nSPS) is 14.4. The number of nitrogens with zero attached hydrogens (tertiary/aromatic N) is 2. The van der Waals surface area contributed by atoms with Gasteiger partial charge in [-0.1, -0.05) is 48.5 Å². The minimum atomic E-state index is -4.57. The summed E-state index contributed by atoms with van der Waals surface area (Å²) in [6.07, 6.45) is -4.17. The zero-order valence-electron chi connectivity index (χ0n) is 20.9. The third-order valence-corrected chi connectivity index (χ3v) is 6.52. The van der Waals surface area contributed by atoms with Crippen LogP contribution in [0.4, 0.5) is 33.7 Å². The number of pyridine rings is 1. The molecule has 39 heavy (non-hydrogen) atoms. The minimum absolute atomic E-state index is 0.335. The Bertz CT molecular complexity index is 1470. The molecule has 6 nitrogen and oxygen atoms in total. The van der Waals surface area contributed by atoms with Crippen molar-refractivity contribution in [2.75, 3.05) is 36.9 Å². The Hall–Kier alpha value is -4.02. The Kier molecular flexibility index (Phi) is 7.76. The fourth-order valence-electron chi connectivity index (χ4n) is 4.63. The number of fused-ring (bicyclic) bond motifs is 1. The number of carbonyl (C=O) groups is 1. The summed E-state index contributed by atoms with van der Waals surface area (Å²) in [6, 6.07) is 17.9. The maximum absolute atomic E-state index is 14.6. The average molecular weight is 539 g/mol. The van der Waals surface area contributed by atoms with E-state index >= 15 is 0 Å². The second-order valence-corrected chi connectivity index (χ2v) is 9.28. The van der Waals surface area contributed by atoms with Crippen LogP contribution in [-0.4, -0.2) is 48.4 Å². The summed E-state index contributed by atoms with van der Waals surface area (Å²) in [5.41, 5.74) is 2.39. The number of nitrogens with one attached hydrogen (secondary N) is 2. The smallest absolute Gasteiger partial charge is 0.379 e. The van der Waals surface area contributed by atoms with Crippen molar-refractivity contribution in [3.05, 3.63) is 90.0 Å². The van der Waals surface area contributed by atoms with Crippen LogP contribution in [0.5, 0.6) is 0 Å². The molecule has 10 heteroatoms. The number of rotatable bonds is 6. The predicted molar refractivity (Wildman–Crippen MR) is 142 cm³/mol. The third-order valence-electron chi connectivity index (χ3n) is 6.52. The summed E-state index contributed by atoms with van der Waals surface area (Å²) >= 11 is 0. The number of amides is 2. The number of benzene rings is 3. The van der Waals surface area contributed by atoms with Gasteiger partial charge in [-0.25, -0.2) is 9.18 Å². The van der Waals surface area contributed by atoms with Crippen molar-refractivity contribution in [2.24, 2.45) is 0 Å². The molecule has 1 aliphatic rings. The first-order chi connectivity index (χ1) is 18.8. The highest BCUT2D eigenvalue weighted by Gasteiger charge is 2.29. The number of aromatic nitrogens is 1. The van der Waals surface area contributed by atoms with Crippen molar-refractivity contribution in [2.45, 2.75) is 19.1 Å². The molecule has 1 aromatic heterocycles. The number of alkyl halides is 3. The summed E-state index contributed by atoms with van der Waals surface area (Å²) in [4.78, 5) is 19.6. The molecule has 0 bridgehead atoms. The van der Waals surface area contributed by atoms with E-state index < -0.39 is 30.0 Å². The fraction of sp³-hybridized carbons (Fsp3) is 0.241. The van der Waals surface area contributed by atoms with Gasteiger partial charge in [-0.05, 0) is 34.7 Å². The SMILES string of the molecule is O=C(Nc1cccc(CC(F)(F)F)c1F)Nc1ccc(-c2ccc(CN3CCOCC3)nc2)c2ccccc12. The van der Waals surface area contributed by atoms with Gasteiger partial charge in [0.25, 0.3) is 0 Å². The van der Waals surface area contributed by atoms with E-state index in [9.17, 15) is 22.4 Å². The van der Waals surface area contributed by atoms with Gasteiger partial charge in [-0.2, -0.15) is 13.2 Å². The van der Waals surface area contributed by atoms with E-state index in [-0.39, 0.29) is 5.69 Å². The lowest BCUT2D eigenvalue weighted by molar-refractivity contribution is -0.127. The summed E-state index contributed by atoms with van der Waals surface area (Å²) in [6.45, 7) is 3.95. The third kappa shape index (κ3) is 6.52. The second-order valence-electron chi connectivity index (χ2n) is 9.28. The van der Waals surface area contributed by atoms with Crippen LogP contribution in [-0.2, 0) is 17.7 Å². The predicted octanol–water partition coefficient (Wildman–Crippen LogP) is 6.62. The molecule has 0 atom stereocenters. The van der Waals surface area contributed by atoms with E-state index in [2.05, 4.69) is 20.5 Å². The maximum Gasteiger partial charge on any atom is 0.393 e. The van der Waals surface area contributed by atoms with Crippen LogP contribution in [0.1, 0.15) is 11.3 Å². The van der Waals surface area contributed by atoms with Crippen molar-refractivity contribution in [1.82, 2.24) is 9.88 Å². The molecule has 2 N–H and O–H groups in total. The van der Waals surface area contributed by atoms with Crippen molar-refractivity contribution >= 4 is 28.2 Å². The first kappa shape index (κ1) is 26.6. The molecular formula is C29H26F4N4O2. The number of carbonyl (C=O) groups excluding carboxylic acids is 1. The molecule has 0 aliphatic carbocycles. The van der Waals surface area contributed by atoms with Crippen molar-refractivity contribution in [1.29, 1.82) is 0 Å². The number of morpholine rings is 1. The molecular weight excluding hydrogens is 512 g/mol. The molecule has 1 fully saturated rings. The van der Waals surface area contributed by atoms with E-state index in [0.29, 0.717) is 5.69 Å².